The first-order valence-electron chi connectivity index (χ1n) is 8.32. The number of carbonyl (C=O) groups excluding carboxylic acids is 2. The summed E-state index contributed by atoms with van der Waals surface area (Å²) in [5.41, 5.74) is 0.0726. The van der Waals surface area contributed by atoms with Crippen LogP contribution in [0, 0.1) is 0 Å². The van der Waals surface area contributed by atoms with Crippen molar-refractivity contribution in [3.05, 3.63) is 59.7 Å². The zero-order valence-electron chi connectivity index (χ0n) is 14.2. The molecular weight excluding hydrogens is 361 g/mol. The van der Waals surface area contributed by atoms with Crippen LogP contribution in [-0.2, 0) is 11.0 Å². The molecule has 3 rings (SSSR count). The number of hydrogen-bond acceptors (Lipinski definition) is 3. The molecule has 1 aliphatic carbocycles. The minimum absolute atomic E-state index is 0.149. The van der Waals surface area contributed by atoms with Crippen LogP contribution in [0.1, 0.15) is 28.8 Å². The smallest absolute Gasteiger partial charge is 0.416 e. The molecule has 8 heteroatoms. The number of ether oxygens (including phenoxy) is 1. The number of benzene rings is 2. The van der Waals surface area contributed by atoms with Crippen molar-refractivity contribution >= 4 is 17.5 Å². The van der Waals surface area contributed by atoms with Gasteiger partial charge in [-0.25, -0.2) is 0 Å². The first-order chi connectivity index (χ1) is 12.8. The van der Waals surface area contributed by atoms with Gasteiger partial charge in [0.05, 0.1) is 5.56 Å². The summed E-state index contributed by atoms with van der Waals surface area (Å²) in [7, 11) is 0. The quantitative estimate of drug-likeness (QED) is 0.807. The lowest BCUT2D eigenvalue weighted by molar-refractivity contribution is -0.137. The lowest BCUT2D eigenvalue weighted by atomic mass is 10.2. The van der Waals surface area contributed by atoms with Gasteiger partial charge in [0.1, 0.15) is 5.75 Å². The van der Waals surface area contributed by atoms with Crippen LogP contribution in [-0.4, -0.2) is 24.5 Å². The Morgan fingerprint density at radius 3 is 2.41 bits per heavy atom. The first-order valence-corrected chi connectivity index (χ1v) is 8.32. The van der Waals surface area contributed by atoms with Crippen LogP contribution in [0.4, 0.5) is 18.9 Å². The second-order valence-corrected chi connectivity index (χ2v) is 6.19. The van der Waals surface area contributed by atoms with Crippen LogP contribution in [0.5, 0.6) is 5.75 Å². The van der Waals surface area contributed by atoms with Gasteiger partial charge in [0.25, 0.3) is 11.8 Å². The van der Waals surface area contributed by atoms with Gasteiger partial charge < -0.3 is 15.4 Å². The Bertz CT molecular complexity index is 831. The van der Waals surface area contributed by atoms with E-state index in [0.717, 1.165) is 37.1 Å². The average molecular weight is 378 g/mol. The van der Waals surface area contributed by atoms with Crippen molar-refractivity contribution in [2.75, 3.05) is 11.9 Å². The molecule has 0 atom stereocenters. The average Bonchev–Trinajstić information content (AvgIpc) is 3.44. The van der Waals surface area contributed by atoms with Gasteiger partial charge in [0.2, 0.25) is 0 Å². The molecule has 1 aliphatic rings. The number of carbonyl (C=O) groups is 2. The molecule has 5 nitrogen and oxygen atoms in total. The minimum Gasteiger partial charge on any atom is -0.484 e. The summed E-state index contributed by atoms with van der Waals surface area (Å²) in [5, 5.41) is 5.44. The normalized spacial score (nSPS) is 13.7. The number of amides is 2. The fourth-order valence-electron chi connectivity index (χ4n) is 2.32. The van der Waals surface area contributed by atoms with Crippen LogP contribution in [0.15, 0.2) is 48.5 Å². The van der Waals surface area contributed by atoms with Gasteiger partial charge in [-0.1, -0.05) is 6.07 Å². The van der Waals surface area contributed by atoms with E-state index in [1.165, 1.54) is 0 Å². The van der Waals surface area contributed by atoms with Crippen LogP contribution < -0.4 is 15.4 Å². The second kappa shape index (κ2) is 7.69. The van der Waals surface area contributed by atoms with Crippen LogP contribution in [0.3, 0.4) is 0 Å². The molecule has 1 fully saturated rings. The Labute approximate surface area is 153 Å². The van der Waals surface area contributed by atoms with E-state index in [1.54, 1.807) is 24.3 Å². The van der Waals surface area contributed by atoms with Crippen molar-refractivity contribution in [2.24, 2.45) is 0 Å². The molecule has 27 heavy (non-hydrogen) atoms. The summed E-state index contributed by atoms with van der Waals surface area (Å²) >= 11 is 0. The van der Waals surface area contributed by atoms with E-state index in [9.17, 15) is 22.8 Å². The summed E-state index contributed by atoms with van der Waals surface area (Å²) < 4.78 is 42.7. The van der Waals surface area contributed by atoms with Gasteiger partial charge in [0.15, 0.2) is 6.61 Å². The van der Waals surface area contributed by atoms with Crippen molar-refractivity contribution in [2.45, 2.75) is 25.1 Å². The highest BCUT2D eigenvalue weighted by Gasteiger charge is 2.30. The Morgan fingerprint density at radius 2 is 1.78 bits per heavy atom. The molecular formula is C19H17F3N2O3. The Hall–Kier alpha value is -3.03. The molecule has 2 aromatic carbocycles. The van der Waals surface area contributed by atoms with E-state index in [4.69, 9.17) is 4.74 Å². The standard InChI is InChI=1S/C19H17F3N2O3/c20-19(21,22)13-4-8-16(9-5-13)27-11-17(25)23-15-3-1-2-12(10-15)18(26)24-14-6-7-14/h1-5,8-10,14H,6-7,11H2,(H,23,25)(H,24,26). The Balaban J connectivity index is 1.52. The van der Waals surface area contributed by atoms with E-state index in [2.05, 4.69) is 10.6 Å². The fourth-order valence-corrected chi connectivity index (χ4v) is 2.32. The molecule has 0 unspecified atom stereocenters. The molecule has 1 saturated carbocycles. The van der Waals surface area contributed by atoms with Crippen LogP contribution >= 0.6 is 0 Å². The Morgan fingerprint density at radius 1 is 1.07 bits per heavy atom. The van der Waals surface area contributed by atoms with E-state index >= 15 is 0 Å². The molecule has 0 spiro atoms. The molecule has 2 amide bonds. The number of hydrogen-bond donors (Lipinski definition) is 2. The lowest BCUT2D eigenvalue weighted by Crippen LogP contribution is -2.25. The molecule has 142 valence electrons. The highest BCUT2D eigenvalue weighted by atomic mass is 19.4. The minimum atomic E-state index is -4.42. The third kappa shape index (κ3) is 5.47. The fraction of sp³-hybridized carbons (Fsp3) is 0.263. The second-order valence-electron chi connectivity index (χ2n) is 6.19. The predicted octanol–water partition coefficient (Wildman–Crippen LogP) is 3.62. The maximum atomic E-state index is 12.5. The van der Waals surface area contributed by atoms with Crippen molar-refractivity contribution in [1.82, 2.24) is 5.32 Å². The summed E-state index contributed by atoms with van der Waals surface area (Å²) in [6, 6.07) is 10.8. The molecule has 0 aromatic heterocycles. The molecule has 0 bridgehead atoms. The third-order valence-electron chi connectivity index (χ3n) is 3.87. The van der Waals surface area contributed by atoms with E-state index in [-0.39, 0.29) is 24.3 Å². The van der Waals surface area contributed by atoms with Crippen molar-refractivity contribution in [3.8, 4) is 5.75 Å². The Kier molecular flexibility index (Phi) is 5.34. The molecule has 2 N–H and O–H groups in total. The molecule has 0 heterocycles. The maximum Gasteiger partial charge on any atom is 0.416 e. The molecule has 0 radical (unpaired) electrons. The van der Waals surface area contributed by atoms with Crippen molar-refractivity contribution in [3.63, 3.8) is 0 Å². The lowest BCUT2D eigenvalue weighted by Gasteiger charge is -2.10. The highest BCUT2D eigenvalue weighted by Crippen LogP contribution is 2.30. The largest absolute Gasteiger partial charge is 0.484 e. The maximum absolute atomic E-state index is 12.5. The summed E-state index contributed by atoms with van der Waals surface area (Å²) in [5.74, 6) is -0.542. The topological polar surface area (TPSA) is 67.4 Å². The zero-order chi connectivity index (χ0) is 19.4. The van der Waals surface area contributed by atoms with Gasteiger partial charge in [-0.05, 0) is 55.3 Å². The number of rotatable bonds is 6. The van der Waals surface area contributed by atoms with E-state index < -0.39 is 17.6 Å². The summed E-state index contributed by atoms with van der Waals surface area (Å²) in [6.07, 6.45) is -2.47. The summed E-state index contributed by atoms with van der Waals surface area (Å²) in [4.78, 5) is 24.0. The first kappa shape index (κ1) is 18.8. The predicted molar refractivity (Wildman–Crippen MR) is 92.5 cm³/mol. The monoisotopic (exact) mass is 378 g/mol. The number of alkyl halides is 3. The number of halogens is 3. The molecule has 0 aliphatic heterocycles. The van der Waals surface area contributed by atoms with Gasteiger partial charge >= 0.3 is 6.18 Å². The third-order valence-corrected chi connectivity index (χ3v) is 3.87. The zero-order valence-corrected chi connectivity index (χ0v) is 14.2. The highest BCUT2D eigenvalue weighted by molar-refractivity contribution is 5.97. The van der Waals surface area contributed by atoms with Gasteiger partial charge in [-0.3, -0.25) is 9.59 Å². The number of nitrogens with one attached hydrogen (secondary N) is 2. The van der Waals surface area contributed by atoms with Crippen LogP contribution in [0.2, 0.25) is 0 Å². The SMILES string of the molecule is O=C(COc1ccc(C(F)(F)F)cc1)Nc1cccc(C(=O)NC2CC2)c1. The van der Waals surface area contributed by atoms with Crippen molar-refractivity contribution in [1.29, 1.82) is 0 Å². The van der Waals surface area contributed by atoms with Gasteiger partial charge in [-0.15, -0.1) is 0 Å². The molecule has 0 saturated heterocycles. The molecule has 2 aromatic rings. The van der Waals surface area contributed by atoms with Gasteiger partial charge in [-0.2, -0.15) is 13.2 Å². The van der Waals surface area contributed by atoms with Gasteiger partial charge in [0, 0.05) is 17.3 Å². The van der Waals surface area contributed by atoms with Crippen LogP contribution in [0.25, 0.3) is 0 Å². The van der Waals surface area contributed by atoms with E-state index in [1.807, 2.05) is 0 Å². The summed E-state index contributed by atoms with van der Waals surface area (Å²) in [6.45, 7) is -0.371. The van der Waals surface area contributed by atoms with E-state index in [0.29, 0.717) is 11.3 Å². The number of anilines is 1. The van der Waals surface area contributed by atoms with Crippen molar-refractivity contribution < 1.29 is 27.5 Å².